The minimum absolute atomic E-state index is 0.0266. The van der Waals surface area contributed by atoms with E-state index >= 15 is 0 Å². The van der Waals surface area contributed by atoms with E-state index in [4.69, 9.17) is 21.3 Å². The molecule has 8 nitrogen and oxygen atoms in total. The first-order valence-corrected chi connectivity index (χ1v) is 12.7. The minimum Gasteiger partial charge on any atom is -0.438 e. The molecule has 0 aliphatic heterocycles. The molecule has 0 bridgehead atoms. The van der Waals surface area contributed by atoms with Gasteiger partial charge in [-0.15, -0.1) is 0 Å². The number of halogens is 1. The first-order valence-electron chi connectivity index (χ1n) is 12.3. The zero-order valence-electron chi connectivity index (χ0n) is 21.4. The average molecular weight is 516 g/mol. The van der Waals surface area contributed by atoms with E-state index in [-0.39, 0.29) is 5.41 Å². The molecule has 2 aromatic carbocycles. The van der Waals surface area contributed by atoms with Crippen molar-refractivity contribution in [3.05, 3.63) is 88.6 Å². The first-order chi connectivity index (χ1) is 17.8. The number of nitrogens with zero attached hydrogens (tertiary/aromatic N) is 5. The van der Waals surface area contributed by atoms with E-state index in [0.717, 1.165) is 46.9 Å². The van der Waals surface area contributed by atoms with Gasteiger partial charge in [-0.3, -0.25) is 5.10 Å². The molecule has 190 valence electrons. The van der Waals surface area contributed by atoms with Crippen LogP contribution < -0.4 is 10.1 Å². The predicted octanol–water partition coefficient (Wildman–Crippen LogP) is 6.52. The second-order valence-electron chi connectivity index (χ2n) is 9.98. The SMILES string of the molecule is CCn1c(NCc2ccc(Oc3cnc(Cl)cn3)cc2)nc2ccc(Cc3cc(C(C)(C)C)n[nH]3)cc21. The summed E-state index contributed by atoms with van der Waals surface area (Å²) in [4.78, 5) is 12.9. The van der Waals surface area contributed by atoms with Crippen molar-refractivity contribution in [2.24, 2.45) is 0 Å². The number of H-pyrrole nitrogens is 1. The highest BCUT2D eigenvalue weighted by atomic mass is 35.5. The fourth-order valence-electron chi connectivity index (χ4n) is 4.12. The third-order valence-electron chi connectivity index (χ3n) is 6.12. The Labute approximate surface area is 221 Å². The summed E-state index contributed by atoms with van der Waals surface area (Å²) < 4.78 is 7.94. The van der Waals surface area contributed by atoms with E-state index in [1.807, 2.05) is 24.3 Å². The standard InChI is InChI=1S/C28H30ClN7O/c1-5-36-23-13-19(12-20-14-24(35-34-20)28(2,3)4)8-11-22(23)33-27(36)32-15-18-6-9-21(10-7-18)37-26-17-30-25(29)16-31-26/h6-11,13-14,16-17H,5,12,15H2,1-4H3,(H,32,33)(H,34,35). The average Bonchev–Trinajstić information content (AvgIpc) is 3.49. The Kier molecular flexibility index (Phi) is 6.84. The van der Waals surface area contributed by atoms with Crippen LogP contribution in [0.4, 0.5) is 5.95 Å². The smallest absolute Gasteiger partial charge is 0.237 e. The molecule has 3 aromatic heterocycles. The molecule has 0 atom stereocenters. The number of benzene rings is 2. The number of imidazole rings is 1. The van der Waals surface area contributed by atoms with Gasteiger partial charge in [0.2, 0.25) is 11.8 Å². The summed E-state index contributed by atoms with van der Waals surface area (Å²) in [6.45, 7) is 10.1. The van der Waals surface area contributed by atoms with Crippen LogP contribution in [0.15, 0.2) is 60.9 Å². The molecule has 0 saturated heterocycles. The maximum atomic E-state index is 5.78. The van der Waals surface area contributed by atoms with E-state index in [0.29, 0.717) is 23.3 Å². The number of anilines is 1. The van der Waals surface area contributed by atoms with Crippen LogP contribution in [0.1, 0.15) is 50.2 Å². The Morgan fingerprint density at radius 2 is 1.78 bits per heavy atom. The van der Waals surface area contributed by atoms with Gasteiger partial charge in [0.25, 0.3) is 0 Å². The summed E-state index contributed by atoms with van der Waals surface area (Å²) in [5.74, 6) is 1.93. The van der Waals surface area contributed by atoms with Crippen LogP contribution >= 0.6 is 11.6 Å². The molecule has 5 aromatic rings. The lowest BCUT2D eigenvalue weighted by molar-refractivity contribution is 0.460. The van der Waals surface area contributed by atoms with Gasteiger partial charge < -0.3 is 14.6 Å². The van der Waals surface area contributed by atoms with Crippen molar-refractivity contribution < 1.29 is 4.74 Å². The van der Waals surface area contributed by atoms with Crippen LogP contribution in [0, 0.1) is 0 Å². The number of fused-ring (bicyclic) bond motifs is 1. The number of aromatic amines is 1. The summed E-state index contributed by atoms with van der Waals surface area (Å²) in [5.41, 5.74) is 6.63. The van der Waals surface area contributed by atoms with Gasteiger partial charge >= 0.3 is 0 Å². The highest BCUT2D eigenvalue weighted by Gasteiger charge is 2.18. The summed E-state index contributed by atoms with van der Waals surface area (Å²) in [7, 11) is 0. The molecule has 0 radical (unpaired) electrons. The highest BCUT2D eigenvalue weighted by molar-refractivity contribution is 6.29. The Bertz CT molecular complexity index is 1500. The van der Waals surface area contributed by atoms with Crippen molar-refractivity contribution in [2.45, 2.75) is 52.6 Å². The number of ether oxygens (including phenoxy) is 1. The number of nitrogens with one attached hydrogen (secondary N) is 2. The van der Waals surface area contributed by atoms with Crippen molar-refractivity contribution >= 4 is 28.6 Å². The van der Waals surface area contributed by atoms with Crippen LogP contribution in [0.5, 0.6) is 11.6 Å². The van der Waals surface area contributed by atoms with Gasteiger partial charge in [0.1, 0.15) is 10.9 Å². The lowest BCUT2D eigenvalue weighted by Crippen LogP contribution is -2.11. The van der Waals surface area contributed by atoms with E-state index in [9.17, 15) is 0 Å². The zero-order chi connectivity index (χ0) is 26.0. The lowest BCUT2D eigenvalue weighted by Gasteiger charge is -2.13. The van der Waals surface area contributed by atoms with Crippen molar-refractivity contribution in [1.29, 1.82) is 0 Å². The summed E-state index contributed by atoms with van der Waals surface area (Å²) in [5, 5.41) is 11.5. The number of rotatable bonds is 8. The summed E-state index contributed by atoms with van der Waals surface area (Å²) in [6, 6.07) is 16.5. The van der Waals surface area contributed by atoms with Crippen molar-refractivity contribution in [2.75, 3.05) is 5.32 Å². The van der Waals surface area contributed by atoms with Gasteiger partial charge in [-0.25, -0.2) is 15.0 Å². The molecular formula is C28H30ClN7O. The third-order valence-corrected chi connectivity index (χ3v) is 6.31. The van der Waals surface area contributed by atoms with Crippen molar-refractivity contribution in [3.8, 4) is 11.6 Å². The van der Waals surface area contributed by atoms with Gasteiger partial charge in [-0.2, -0.15) is 5.10 Å². The predicted molar refractivity (Wildman–Crippen MR) is 146 cm³/mol. The number of aryl methyl sites for hydroxylation is 1. The normalized spacial score (nSPS) is 11.7. The van der Waals surface area contributed by atoms with Gasteiger partial charge in [-0.1, -0.05) is 50.6 Å². The summed E-state index contributed by atoms with van der Waals surface area (Å²) in [6.07, 6.45) is 3.75. The van der Waals surface area contributed by atoms with Crippen LogP contribution in [-0.4, -0.2) is 29.7 Å². The molecule has 0 aliphatic carbocycles. The molecule has 0 saturated carbocycles. The van der Waals surface area contributed by atoms with Gasteiger partial charge in [0, 0.05) is 30.6 Å². The van der Waals surface area contributed by atoms with Crippen molar-refractivity contribution in [3.63, 3.8) is 0 Å². The number of aromatic nitrogens is 6. The van der Waals surface area contributed by atoms with Crippen LogP contribution in [-0.2, 0) is 24.9 Å². The number of hydrogen-bond donors (Lipinski definition) is 2. The van der Waals surface area contributed by atoms with E-state index in [1.165, 1.54) is 18.0 Å². The van der Waals surface area contributed by atoms with Crippen LogP contribution in [0.3, 0.4) is 0 Å². The molecule has 9 heteroatoms. The molecule has 0 spiro atoms. The fourth-order valence-corrected chi connectivity index (χ4v) is 4.22. The molecule has 0 fully saturated rings. The van der Waals surface area contributed by atoms with Crippen LogP contribution in [0.25, 0.3) is 11.0 Å². The monoisotopic (exact) mass is 515 g/mol. The third kappa shape index (κ3) is 5.75. The highest BCUT2D eigenvalue weighted by Crippen LogP contribution is 2.25. The largest absolute Gasteiger partial charge is 0.438 e. The van der Waals surface area contributed by atoms with E-state index < -0.39 is 0 Å². The molecule has 2 N–H and O–H groups in total. The molecule has 0 aliphatic rings. The van der Waals surface area contributed by atoms with E-state index in [1.54, 1.807) is 0 Å². The second kappa shape index (κ2) is 10.2. The molecule has 0 amide bonds. The molecule has 3 heterocycles. The van der Waals surface area contributed by atoms with Crippen molar-refractivity contribution in [1.82, 2.24) is 29.7 Å². The molecule has 5 rings (SSSR count). The second-order valence-corrected chi connectivity index (χ2v) is 10.4. The van der Waals surface area contributed by atoms with Gasteiger partial charge in [-0.05, 0) is 48.4 Å². The zero-order valence-corrected chi connectivity index (χ0v) is 22.2. The minimum atomic E-state index is 0.0266. The lowest BCUT2D eigenvalue weighted by atomic mass is 9.92. The summed E-state index contributed by atoms with van der Waals surface area (Å²) >= 11 is 5.78. The van der Waals surface area contributed by atoms with Crippen LogP contribution in [0.2, 0.25) is 5.15 Å². The maximum absolute atomic E-state index is 5.78. The Morgan fingerprint density at radius 3 is 2.46 bits per heavy atom. The Morgan fingerprint density at radius 1 is 1.00 bits per heavy atom. The molecule has 37 heavy (non-hydrogen) atoms. The van der Waals surface area contributed by atoms with Gasteiger partial charge in [0.05, 0.1) is 29.1 Å². The molecular weight excluding hydrogens is 486 g/mol. The maximum Gasteiger partial charge on any atom is 0.237 e. The molecule has 0 unspecified atom stereocenters. The topological polar surface area (TPSA) is 93.5 Å². The first kappa shape index (κ1) is 24.8. The fraction of sp³-hybridized carbons (Fsp3) is 0.286. The van der Waals surface area contributed by atoms with Gasteiger partial charge in [0.15, 0.2) is 0 Å². The Hall–Kier alpha value is -3.91. The Balaban J connectivity index is 1.27. The quantitative estimate of drug-likeness (QED) is 0.244. The van der Waals surface area contributed by atoms with E-state index in [2.05, 4.69) is 82.0 Å². The number of hydrogen-bond acceptors (Lipinski definition) is 6.